The van der Waals surface area contributed by atoms with Crippen LogP contribution in [0.2, 0.25) is 0 Å². The Morgan fingerprint density at radius 2 is 1.66 bits per heavy atom. The molecule has 2 atom stereocenters. The topological polar surface area (TPSA) is 18.8 Å². The van der Waals surface area contributed by atoms with Gasteiger partial charge in [-0.2, -0.15) is 0 Å². The first-order chi connectivity index (χ1) is 18.3. The number of piperidine rings is 1. The molecule has 0 radical (unpaired) electrons. The molecule has 0 aromatic heterocycles. The lowest BCUT2D eigenvalue weighted by Crippen LogP contribution is -2.60. The van der Waals surface area contributed by atoms with Crippen LogP contribution in [-0.4, -0.2) is 55.8 Å². The molecule has 38 heavy (non-hydrogen) atoms. The summed E-state index contributed by atoms with van der Waals surface area (Å²) in [6.45, 7) is 11.4. The highest BCUT2D eigenvalue weighted by Crippen LogP contribution is 2.46. The van der Waals surface area contributed by atoms with Crippen LogP contribution >= 0.6 is 0 Å². The van der Waals surface area contributed by atoms with Crippen molar-refractivity contribution in [3.8, 4) is 0 Å². The number of rotatable bonds is 8. The van der Waals surface area contributed by atoms with E-state index in [0.29, 0.717) is 6.04 Å². The standard InChI is InChI=1S/C35H43N3/c1-7-27-18-19-28-25-32-33(36-4)34(3,31(28)24-27)20-22-38(32)23-21-35(26(2)37(5)6,29-14-10-8-11-15-29)30-16-12-9-13-17-30/h8-19,24,32H,2,7,20-23,25H2,1,3-6H3. The highest BCUT2D eigenvalue weighted by molar-refractivity contribution is 6.01. The summed E-state index contributed by atoms with van der Waals surface area (Å²) in [5, 5.41) is 0. The van der Waals surface area contributed by atoms with E-state index in [4.69, 9.17) is 4.99 Å². The van der Waals surface area contributed by atoms with E-state index >= 15 is 0 Å². The van der Waals surface area contributed by atoms with Crippen LogP contribution in [0.4, 0.5) is 0 Å². The van der Waals surface area contributed by atoms with Crippen molar-refractivity contribution in [1.82, 2.24) is 9.80 Å². The first-order valence-electron chi connectivity index (χ1n) is 14.2. The molecule has 0 amide bonds. The Labute approximate surface area is 229 Å². The smallest absolute Gasteiger partial charge is 0.0606 e. The van der Waals surface area contributed by atoms with Crippen LogP contribution in [0.1, 0.15) is 54.5 Å². The van der Waals surface area contributed by atoms with E-state index in [1.165, 1.54) is 33.5 Å². The van der Waals surface area contributed by atoms with Crippen molar-refractivity contribution < 1.29 is 0 Å². The molecule has 5 rings (SSSR count). The summed E-state index contributed by atoms with van der Waals surface area (Å²) in [5.41, 5.74) is 9.26. The van der Waals surface area contributed by atoms with Crippen molar-refractivity contribution in [3.63, 3.8) is 0 Å². The molecule has 1 fully saturated rings. The molecule has 2 aliphatic rings. The van der Waals surface area contributed by atoms with Crippen molar-refractivity contribution >= 4 is 5.71 Å². The van der Waals surface area contributed by atoms with Gasteiger partial charge in [0, 0.05) is 51.1 Å². The quantitative estimate of drug-likeness (QED) is 0.341. The maximum atomic E-state index is 4.98. The van der Waals surface area contributed by atoms with Gasteiger partial charge in [0.15, 0.2) is 0 Å². The van der Waals surface area contributed by atoms with Crippen LogP contribution in [0.5, 0.6) is 0 Å². The van der Waals surface area contributed by atoms with Crippen LogP contribution in [0.15, 0.2) is 96.1 Å². The van der Waals surface area contributed by atoms with Crippen LogP contribution in [-0.2, 0) is 23.7 Å². The van der Waals surface area contributed by atoms with Gasteiger partial charge in [-0.25, -0.2) is 0 Å². The normalized spacial score (nSPS) is 22.2. The van der Waals surface area contributed by atoms with E-state index < -0.39 is 0 Å². The highest BCUT2D eigenvalue weighted by atomic mass is 15.2. The zero-order chi connectivity index (χ0) is 26.9. The maximum absolute atomic E-state index is 4.98. The maximum Gasteiger partial charge on any atom is 0.0606 e. The van der Waals surface area contributed by atoms with Gasteiger partial charge < -0.3 is 4.90 Å². The Morgan fingerprint density at radius 1 is 1.03 bits per heavy atom. The Bertz CT molecular complexity index is 1270. The molecule has 0 saturated carbocycles. The molecule has 0 spiro atoms. The van der Waals surface area contributed by atoms with E-state index in [2.05, 4.69) is 123 Å². The zero-order valence-corrected chi connectivity index (χ0v) is 23.9. The average Bonchev–Trinajstić information content (AvgIpc) is 2.95. The minimum absolute atomic E-state index is 0.0257. The van der Waals surface area contributed by atoms with Gasteiger partial charge in [-0.05, 0) is 53.5 Å². The van der Waals surface area contributed by atoms with E-state index in [1.54, 1.807) is 0 Å². The third-order valence-corrected chi connectivity index (χ3v) is 9.39. The number of nitrogens with zero attached hydrogens (tertiary/aromatic N) is 3. The van der Waals surface area contributed by atoms with Crippen LogP contribution in [0.3, 0.4) is 0 Å². The number of likely N-dealkylation sites (N-methyl/N-ethyl adjacent to an activating group) is 1. The zero-order valence-electron chi connectivity index (χ0n) is 23.9. The molecule has 1 heterocycles. The Hall–Kier alpha value is -3.17. The van der Waals surface area contributed by atoms with Gasteiger partial charge in [0.2, 0.25) is 0 Å². The molecule has 3 nitrogen and oxygen atoms in total. The number of hydrogen-bond acceptors (Lipinski definition) is 3. The first-order valence-corrected chi connectivity index (χ1v) is 14.2. The van der Waals surface area contributed by atoms with E-state index in [9.17, 15) is 0 Å². The second-order valence-electron chi connectivity index (χ2n) is 11.5. The van der Waals surface area contributed by atoms with Gasteiger partial charge in [0.05, 0.1) is 11.5 Å². The second kappa shape index (κ2) is 10.5. The number of aliphatic imine (C=N–C) groups is 1. The lowest BCUT2D eigenvalue weighted by molar-refractivity contribution is 0.172. The Kier molecular flexibility index (Phi) is 7.33. The fraction of sp³-hybridized carbons (Fsp3) is 0.400. The minimum Gasteiger partial charge on any atom is -0.380 e. The predicted octanol–water partition coefficient (Wildman–Crippen LogP) is 6.66. The van der Waals surface area contributed by atoms with Gasteiger partial charge in [0.1, 0.15) is 0 Å². The Balaban J connectivity index is 1.53. The monoisotopic (exact) mass is 505 g/mol. The predicted molar refractivity (Wildman–Crippen MR) is 161 cm³/mol. The molecular weight excluding hydrogens is 462 g/mol. The van der Waals surface area contributed by atoms with Crippen molar-refractivity contribution in [3.05, 3.63) is 119 Å². The summed E-state index contributed by atoms with van der Waals surface area (Å²) in [7, 11) is 6.25. The fourth-order valence-corrected chi connectivity index (χ4v) is 7.17. The summed E-state index contributed by atoms with van der Waals surface area (Å²) in [6.07, 6.45) is 4.19. The summed E-state index contributed by atoms with van der Waals surface area (Å²) in [6, 6.07) is 29.5. The van der Waals surface area contributed by atoms with Crippen molar-refractivity contribution in [1.29, 1.82) is 0 Å². The summed E-state index contributed by atoms with van der Waals surface area (Å²) < 4.78 is 0. The van der Waals surface area contributed by atoms with Gasteiger partial charge in [-0.3, -0.25) is 9.89 Å². The van der Waals surface area contributed by atoms with E-state index in [1.807, 2.05) is 7.05 Å². The largest absolute Gasteiger partial charge is 0.380 e. The molecule has 3 aromatic rings. The molecule has 0 N–H and O–H groups in total. The van der Waals surface area contributed by atoms with Crippen molar-refractivity contribution in [2.75, 3.05) is 34.2 Å². The number of hydrogen-bond donors (Lipinski definition) is 0. The molecule has 1 saturated heterocycles. The van der Waals surface area contributed by atoms with Gasteiger partial charge in [-0.15, -0.1) is 0 Å². The first kappa shape index (κ1) is 26.4. The molecule has 1 aliphatic heterocycles. The summed E-state index contributed by atoms with van der Waals surface area (Å²) in [5.74, 6) is 0. The second-order valence-corrected chi connectivity index (χ2v) is 11.5. The molecular formula is C35H43N3. The number of aryl methyl sites for hydroxylation is 1. The molecule has 3 heteroatoms. The van der Waals surface area contributed by atoms with Crippen LogP contribution in [0.25, 0.3) is 0 Å². The number of allylic oxidation sites excluding steroid dienone is 1. The molecule has 2 bridgehead atoms. The van der Waals surface area contributed by atoms with Gasteiger partial charge in [0.25, 0.3) is 0 Å². The number of fused-ring (bicyclic) bond motifs is 4. The summed E-state index contributed by atoms with van der Waals surface area (Å²) in [4.78, 5) is 9.90. The van der Waals surface area contributed by atoms with Crippen molar-refractivity contribution in [2.24, 2.45) is 4.99 Å². The lowest BCUT2D eigenvalue weighted by atomic mass is 9.63. The summed E-state index contributed by atoms with van der Waals surface area (Å²) >= 11 is 0. The van der Waals surface area contributed by atoms with Crippen LogP contribution in [0, 0.1) is 0 Å². The number of benzene rings is 3. The van der Waals surface area contributed by atoms with Gasteiger partial charge >= 0.3 is 0 Å². The molecule has 3 aromatic carbocycles. The van der Waals surface area contributed by atoms with E-state index in [-0.39, 0.29) is 10.8 Å². The van der Waals surface area contributed by atoms with Crippen molar-refractivity contribution in [2.45, 2.75) is 56.4 Å². The lowest BCUT2D eigenvalue weighted by Gasteiger charge is -2.52. The van der Waals surface area contributed by atoms with E-state index in [0.717, 1.165) is 44.5 Å². The van der Waals surface area contributed by atoms with Gasteiger partial charge in [-0.1, -0.05) is 99.3 Å². The average molecular weight is 506 g/mol. The Morgan fingerprint density at radius 3 is 2.21 bits per heavy atom. The third kappa shape index (κ3) is 4.31. The third-order valence-electron chi connectivity index (χ3n) is 9.39. The number of likely N-dealkylation sites (tertiary alicyclic amines) is 1. The molecule has 2 unspecified atom stereocenters. The molecule has 198 valence electrons. The van der Waals surface area contributed by atoms with Crippen LogP contribution < -0.4 is 0 Å². The fourth-order valence-electron chi connectivity index (χ4n) is 7.17. The molecule has 1 aliphatic carbocycles. The highest BCUT2D eigenvalue weighted by Gasteiger charge is 2.48. The minimum atomic E-state index is -0.307. The SMILES string of the molecule is C=C(N(C)C)C(CCN1CCC2(C)C(=NC)C1Cc1ccc(CC)cc12)(c1ccccc1)c1ccccc1.